The van der Waals surface area contributed by atoms with Crippen LogP contribution < -0.4 is 14.2 Å². The number of ether oxygens (including phenoxy) is 2. The standard InChI is InChI=1S/C15H14N2O6S/c18-17(19)12-5-1-4-8-15(12)24(20,21)16-9-11-10-22-13-6-2-3-7-14(13)23-11/h1-8,11,16H,9-10H2/t11-/m1/s1. The minimum absolute atomic E-state index is 0.0667. The molecule has 0 saturated carbocycles. The Hall–Kier alpha value is -2.65. The predicted octanol–water partition coefficient (Wildman–Crippen LogP) is 1.71. The molecule has 0 aliphatic carbocycles. The first-order chi connectivity index (χ1) is 11.5. The van der Waals surface area contributed by atoms with E-state index in [9.17, 15) is 18.5 Å². The number of nitro groups is 1. The Morgan fingerprint density at radius 2 is 1.79 bits per heavy atom. The molecule has 1 N–H and O–H groups in total. The van der Waals surface area contributed by atoms with Gasteiger partial charge in [-0.15, -0.1) is 0 Å². The number of hydrogen-bond acceptors (Lipinski definition) is 6. The summed E-state index contributed by atoms with van der Waals surface area (Å²) in [5.41, 5.74) is -0.476. The zero-order chi connectivity index (χ0) is 17.2. The lowest BCUT2D eigenvalue weighted by atomic mass is 10.2. The number of rotatable bonds is 5. The SMILES string of the molecule is O=[N+]([O-])c1ccccc1S(=O)(=O)NC[C@@H]1COc2ccccc2O1. The van der Waals surface area contributed by atoms with Crippen molar-refractivity contribution in [2.45, 2.75) is 11.0 Å². The second kappa shape index (κ2) is 6.46. The molecular formula is C15H14N2O6S. The van der Waals surface area contributed by atoms with E-state index in [1.165, 1.54) is 18.2 Å². The lowest BCUT2D eigenvalue weighted by Crippen LogP contribution is -2.40. The quantitative estimate of drug-likeness (QED) is 0.650. The third-order valence-corrected chi connectivity index (χ3v) is 4.89. The molecule has 1 aliphatic heterocycles. The number of para-hydroxylation sites is 3. The maximum Gasteiger partial charge on any atom is 0.289 e. The molecule has 9 heteroatoms. The predicted molar refractivity (Wildman–Crippen MR) is 84.6 cm³/mol. The molecule has 0 aromatic heterocycles. The lowest BCUT2D eigenvalue weighted by Gasteiger charge is -2.26. The molecule has 2 aromatic carbocycles. The highest BCUT2D eigenvalue weighted by atomic mass is 32.2. The van der Waals surface area contributed by atoms with Crippen LogP contribution in [0.3, 0.4) is 0 Å². The minimum Gasteiger partial charge on any atom is -0.486 e. The van der Waals surface area contributed by atoms with E-state index in [4.69, 9.17) is 9.47 Å². The smallest absolute Gasteiger partial charge is 0.289 e. The van der Waals surface area contributed by atoms with Crippen LogP contribution in [0, 0.1) is 10.1 Å². The molecular weight excluding hydrogens is 336 g/mol. The van der Waals surface area contributed by atoms with Gasteiger partial charge in [0.1, 0.15) is 12.7 Å². The number of hydrogen-bond donors (Lipinski definition) is 1. The van der Waals surface area contributed by atoms with Gasteiger partial charge in [-0.25, -0.2) is 13.1 Å². The Morgan fingerprint density at radius 1 is 1.12 bits per heavy atom. The molecule has 1 heterocycles. The largest absolute Gasteiger partial charge is 0.486 e. The van der Waals surface area contributed by atoms with Gasteiger partial charge >= 0.3 is 0 Å². The van der Waals surface area contributed by atoms with Crippen LogP contribution in [0.2, 0.25) is 0 Å². The van der Waals surface area contributed by atoms with Crippen LogP contribution >= 0.6 is 0 Å². The molecule has 0 spiro atoms. The van der Waals surface area contributed by atoms with Gasteiger partial charge in [-0.3, -0.25) is 10.1 Å². The van der Waals surface area contributed by atoms with Crippen LogP contribution in [-0.4, -0.2) is 32.6 Å². The summed E-state index contributed by atoms with van der Waals surface area (Å²) in [6.07, 6.45) is -0.530. The van der Waals surface area contributed by atoms with E-state index in [-0.39, 0.29) is 18.0 Å². The van der Waals surface area contributed by atoms with Crippen molar-refractivity contribution in [1.82, 2.24) is 4.72 Å². The number of nitrogens with zero attached hydrogens (tertiary/aromatic N) is 1. The Morgan fingerprint density at radius 3 is 2.54 bits per heavy atom. The van der Waals surface area contributed by atoms with E-state index in [0.29, 0.717) is 11.5 Å². The number of nitrogens with one attached hydrogen (secondary N) is 1. The summed E-state index contributed by atoms with van der Waals surface area (Å²) in [7, 11) is -4.04. The second-order valence-electron chi connectivity index (χ2n) is 5.07. The van der Waals surface area contributed by atoms with E-state index in [1.807, 2.05) is 0 Å². The number of nitro benzene ring substituents is 1. The molecule has 0 bridgehead atoms. The van der Waals surface area contributed by atoms with Gasteiger partial charge in [0.25, 0.3) is 5.69 Å². The molecule has 1 aliphatic rings. The summed E-state index contributed by atoms with van der Waals surface area (Å²) in [5, 5.41) is 11.0. The molecule has 2 aromatic rings. The van der Waals surface area contributed by atoms with Crippen LogP contribution in [0.25, 0.3) is 0 Å². The van der Waals surface area contributed by atoms with Gasteiger partial charge in [-0.05, 0) is 18.2 Å². The molecule has 24 heavy (non-hydrogen) atoms. The van der Waals surface area contributed by atoms with Gasteiger partial charge in [0.2, 0.25) is 10.0 Å². The van der Waals surface area contributed by atoms with Gasteiger partial charge in [0, 0.05) is 6.07 Å². The van der Waals surface area contributed by atoms with Crippen molar-refractivity contribution in [3.63, 3.8) is 0 Å². The third kappa shape index (κ3) is 3.31. The zero-order valence-corrected chi connectivity index (χ0v) is 13.2. The summed E-state index contributed by atoms with van der Waals surface area (Å²) >= 11 is 0. The second-order valence-corrected chi connectivity index (χ2v) is 6.81. The topological polar surface area (TPSA) is 108 Å². The van der Waals surface area contributed by atoms with Crippen molar-refractivity contribution in [2.75, 3.05) is 13.2 Å². The Kier molecular flexibility index (Phi) is 4.36. The molecule has 3 rings (SSSR count). The molecule has 126 valence electrons. The van der Waals surface area contributed by atoms with Gasteiger partial charge in [-0.1, -0.05) is 24.3 Å². The third-order valence-electron chi connectivity index (χ3n) is 3.42. The molecule has 0 fully saturated rings. The van der Waals surface area contributed by atoms with E-state index >= 15 is 0 Å². The number of sulfonamides is 1. The zero-order valence-electron chi connectivity index (χ0n) is 12.4. The molecule has 0 unspecified atom stereocenters. The summed E-state index contributed by atoms with van der Waals surface area (Å²) in [6, 6.07) is 12.2. The first-order valence-corrected chi connectivity index (χ1v) is 8.57. The molecule has 1 atom stereocenters. The fraction of sp³-hybridized carbons (Fsp3) is 0.200. The number of benzene rings is 2. The molecule has 0 amide bonds. The van der Waals surface area contributed by atoms with Gasteiger partial charge < -0.3 is 9.47 Å². The van der Waals surface area contributed by atoms with Gasteiger partial charge in [0.15, 0.2) is 16.4 Å². The Labute approximate surface area is 138 Å². The Bertz CT molecular complexity index is 868. The monoisotopic (exact) mass is 350 g/mol. The first kappa shape index (κ1) is 16.2. The molecule has 0 radical (unpaired) electrons. The molecule has 8 nitrogen and oxygen atoms in total. The minimum atomic E-state index is -4.04. The normalized spacial score (nSPS) is 16.6. The maximum atomic E-state index is 12.3. The van der Waals surface area contributed by atoms with E-state index in [2.05, 4.69) is 4.72 Å². The van der Waals surface area contributed by atoms with Crippen LogP contribution in [0.5, 0.6) is 11.5 Å². The molecule has 0 saturated heterocycles. The van der Waals surface area contributed by atoms with Crippen molar-refractivity contribution < 1.29 is 22.8 Å². The summed E-state index contributed by atoms with van der Waals surface area (Å²) in [6.45, 7) is 0.110. The van der Waals surface area contributed by atoms with E-state index < -0.39 is 26.7 Å². The van der Waals surface area contributed by atoms with Crippen LogP contribution in [0.1, 0.15) is 0 Å². The maximum absolute atomic E-state index is 12.3. The highest BCUT2D eigenvalue weighted by molar-refractivity contribution is 7.89. The average Bonchev–Trinajstić information content (AvgIpc) is 2.60. The highest BCUT2D eigenvalue weighted by Gasteiger charge is 2.27. The fourth-order valence-electron chi connectivity index (χ4n) is 2.28. The summed E-state index contributed by atoms with van der Waals surface area (Å²) < 4.78 is 38.2. The van der Waals surface area contributed by atoms with Crippen LogP contribution in [0.15, 0.2) is 53.4 Å². The summed E-state index contributed by atoms with van der Waals surface area (Å²) in [4.78, 5) is 9.87. The highest BCUT2D eigenvalue weighted by Crippen LogP contribution is 2.31. The van der Waals surface area contributed by atoms with Gasteiger partial charge in [0.05, 0.1) is 11.5 Å². The van der Waals surface area contributed by atoms with Crippen LogP contribution in [0.4, 0.5) is 5.69 Å². The van der Waals surface area contributed by atoms with Crippen molar-refractivity contribution in [1.29, 1.82) is 0 Å². The van der Waals surface area contributed by atoms with Crippen molar-refractivity contribution in [3.05, 3.63) is 58.6 Å². The van der Waals surface area contributed by atoms with Crippen LogP contribution in [-0.2, 0) is 10.0 Å². The lowest BCUT2D eigenvalue weighted by molar-refractivity contribution is -0.387. The Balaban J connectivity index is 1.72. The van der Waals surface area contributed by atoms with Crippen molar-refractivity contribution in [3.8, 4) is 11.5 Å². The first-order valence-electron chi connectivity index (χ1n) is 7.09. The van der Waals surface area contributed by atoms with Crippen molar-refractivity contribution >= 4 is 15.7 Å². The average molecular weight is 350 g/mol. The van der Waals surface area contributed by atoms with E-state index in [0.717, 1.165) is 6.07 Å². The fourth-order valence-corrected chi connectivity index (χ4v) is 3.52. The summed E-state index contributed by atoms with van der Waals surface area (Å²) in [5.74, 6) is 1.12. The van der Waals surface area contributed by atoms with Crippen molar-refractivity contribution in [2.24, 2.45) is 0 Å². The van der Waals surface area contributed by atoms with E-state index in [1.54, 1.807) is 24.3 Å². The number of fused-ring (bicyclic) bond motifs is 1. The van der Waals surface area contributed by atoms with Gasteiger partial charge in [-0.2, -0.15) is 0 Å².